The van der Waals surface area contributed by atoms with E-state index in [4.69, 9.17) is 33.0 Å². The molecule has 2 aliphatic rings. The van der Waals surface area contributed by atoms with Crippen LogP contribution in [0.2, 0.25) is 0 Å². The van der Waals surface area contributed by atoms with E-state index in [9.17, 15) is 19.2 Å². The smallest absolute Gasteiger partial charge is 0.259 e. The van der Waals surface area contributed by atoms with Crippen LogP contribution in [0.4, 0.5) is 17.1 Å². The summed E-state index contributed by atoms with van der Waals surface area (Å²) in [6, 6.07) is 19.4. The number of anilines is 2. The van der Waals surface area contributed by atoms with Gasteiger partial charge in [-0.2, -0.15) is 0 Å². The molecule has 350 valence electrons. The van der Waals surface area contributed by atoms with Crippen molar-refractivity contribution in [2.75, 3.05) is 49.4 Å². The Balaban J connectivity index is 0.843. The number of benzene rings is 3. The van der Waals surface area contributed by atoms with Gasteiger partial charge in [0.15, 0.2) is 10.8 Å². The second-order valence-corrected chi connectivity index (χ2v) is 19.0. The lowest BCUT2D eigenvalue weighted by atomic mass is 10.0. The zero-order chi connectivity index (χ0) is 47.5. The Morgan fingerprint density at radius 2 is 1.64 bits per heavy atom. The Morgan fingerprint density at radius 3 is 2.30 bits per heavy atom. The molecule has 0 radical (unpaired) electrons. The summed E-state index contributed by atoms with van der Waals surface area (Å²) >= 11 is 7.41. The van der Waals surface area contributed by atoms with Crippen molar-refractivity contribution < 1.29 is 33.4 Å². The maximum atomic E-state index is 13.9. The minimum absolute atomic E-state index is 0.142. The number of nitrogens with zero attached hydrogens (tertiary/aromatic N) is 5. The highest BCUT2D eigenvalue weighted by Gasteiger charge is 2.50. The summed E-state index contributed by atoms with van der Waals surface area (Å²) in [5, 5.41) is 6.26. The van der Waals surface area contributed by atoms with Crippen molar-refractivity contribution in [3.05, 3.63) is 100 Å². The first kappa shape index (κ1) is 49.7. The lowest BCUT2D eigenvalue weighted by Crippen LogP contribution is -2.55. The molecule has 4 aromatic rings. The Bertz CT molecular complexity index is 2400. The molecule has 3 aromatic carbocycles. The van der Waals surface area contributed by atoms with Crippen molar-refractivity contribution in [2.24, 2.45) is 11.8 Å². The molecule has 2 saturated heterocycles. The number of thiazole rings is 1. The normalized spacial score (nSPS) is 17.3. The summed E-state index contributed by atoms with van der Waals surface area (Å²) < 4.78 is 17.4. The van der Waals surface area contributed by atoms with Crippen LogP contribution in [0.3, 0.4) is 0 Å². The fraction of sp³-hybridized carbons (Fsp3) is 0.460. The summed E-state index contributed by atoms with van der Waals surface area (Å²) in [6.45, 7) is 23.1. The van der Waals surface area contributed by atoms with Crippen LogP contribution < -0.4 is 25.2 Å². The average Bonchev–Trinajstić information content (AvgIpc) is 3.96. The molecule has 3 atom stereocenters. The first-order valence-electron chi connectivity index (χ1n) is 22.5. The van der Waals surface area contributed by atoms with E-state index >= 15 is 0 Å². The maximum absolute atomic E-state index is 13.9. The second-order valence-electron chi connectivity index (χ2n) is 17.8. The molecule has 2 fully saturated rings. The molecule has 0 saturated carbocycles. The molecule has 2 aliphatic heterocycles. The molecule has 14 nitrogen and oxygen atoms in total. The van der Waals surface area contributed by atoms with E-state index in [0.717, 1.165) is 45.8 Å². The van der Waals surface area contributed by atoms with Crippen LogP contribution >= 0.6 is 23.6 Å². The van der Waals surface area contributed by atoms with Crippen LogP contribution in [0.5, 0.6) is 5.75 Å². The molecule has 66 heavy (non-hydrogen) atoms. The van der Waals surface area contributed by atoms with Gasteiger partial charge in [0.05, 0.1) is 29.3 Å². The van der Waals surface area contributed by atoms with Crippen molar-refractivity contribution in [1.82, 2.24) is 20.5 Å². The van der Waals surface area contributed by atoms with E-state index in [1.807, 2.05) is 113 Å². The zero-order valence-electron chi connectivity index (χ0n) is 38.9. The topological polar surface area (TPSA) is 147 Å². The molecule has 0 aliphatic carbocycles. The summed E-state index contributed by atoms with van der Waals surface area (Å²) in [4.78, 5) is 67.7. The van der Waals surface area contributed by atoms with Crippen LogP contribution in [0.25, 0.3) is 15.3 Å². The van der Waals surface area contributed by atoms with E-state index < -0.39 is 17.6 Å². The summed E-state index contributed by atoms with van der Waals surface area (Å²) in [5.74, 6) is -0.345. The van der Waals surface area contributed by atoms with Gasteiger partial charge in [0, 0.05) is 44.3 Å². The van der Waals surface area contributed by atoms with Crippen molar-refractivity contribution in [1.29, 1.82) is 0 Å². The van der Waals surface area contributed by atoms with Gasteiger partial charge in [-0.3, -0.25) is 24.1 Å². The quantitative estimate of drug-likeness (QED) is 0.0477. The molecule has 4 amide bonds. The van der Waals surface area contributed by atoms with Crippen LogP contribution in [-0.2, 0) is 35.2 Å². The van der Waals surface area contributed by atoms with Crippen LogP contribution in [0, 0.1) is 32.3 Å². The number of amides is 4. The number of likely N-dealkylation sites (tertiary alicyclic amines) is 1. The lowest BCUT2D eigenvalue weighted by Gasteiger charge is -2.30. The van der Waals surface area contributed by atoms with Gasteiger partial charge in [-0.25, -0.2) is 9.83 Å². The third kappa shape index (κ3) is 12.0. The molecular weight excluding hydrogens is 875 g/mol. The molecule has 6 rings (SSSR count). The lowest BCUT2D eigenvalue weighted by molar-refractivity contribution is -0.143. The van der Waals surface area contributed by atoms with Gasteiger partial charge in [-0.1, -0.05) is 51.1 Å². The van der Waals surface area contributed by atoms with Gasteiger partial charge in [0.1, 0.15) is 30.0 Å². The zero-order valence-corrected chi connectivity index (χ0v) is 40.6. The number of aryl methyl sites for hydroxylation is 2. The highest BCUT2D eigenvalue weighted by Crippen LogP contribution is 2.38. The fourth-order valence-corrected chi connectivity index (χ4v) is 9.52. The first-order chi connectivity index (χ1) is 31.6. The predicted molar refractivity (Wildman–Crippen MR) is 262 cm³/mol. The van der Waals surface area contributed by atoms with Gasteiger partial charge in [-0.15, -0.1) is 11.3 Å². The predicted octanol–water partition coefficient (Wildman–Crippen LogP) is 8.17. The monoisotopic (exact) mass is 935 g/mol. The Kier molecular flexibility index (Phi) is 17.1. The standard InChI is InChI=1S/C50H61N7O7S2/c1-32(2)44(47(60)55-29-33(3)26-42(55)46(59)52-28-36-12-14-37(15-13-36)45-35(5)53-31-66-45)54-43(58)30-63-24-11-23-62-22-9-10-25-64-40-19-16-38(17-20-40)57-49(65)56(48(61)50(57,6)7)39-18-21-41(51-8)34(4)27-39/h12-21,27,31-33,42,44H,9-11,22-26,28-30H2,1-7H3,(H,52,59)(H,54,58)/t33-,42+,44+/m1/s1. The second kappa shape index (κ2) is 22.6. The van der Waals surface area contributed by atoms with Crippen molar-refractivity contribution in [3.8, 4) is 16.2 Å². The molecule has 16 heteroatoms. The average molecular weight is 936 g/mol. The minimum Gasteiger partial charge on any atom is -0.494 e. The van der Waals surface area contributed by atoms with E-state index in [2.05, 4.69) is 20.5 Å². The molecule has 0 spiro atoms. The van der Waals surface area contributed by atoms with Crippen molar-refractivity contribution >= 4 is 69.4 Å². The number of carbonyl (C=O) groups excluding carboxylic acids is 4. The molecule has 0 bridgehead atoms. The van der Waals surface area contributed by atoms with E-state index in [1.165, 1.54) is 4.90 Å². The van der Waals surface area contributed by atoms with E-state index in [-0.39, 0.29) is 42.1 Å². The third-order valence-corrected chi connectivity index (χ3v) is 13.2. The third-order valence-electron chi connectivity index (χ3n) is 11.9. The molecule has 0 unspecified atom stereocenters. The molecular formula is C50H61N7O7S2. The number of unbranched alkanes of at least 4 members (excludes halogenated alkanes) is 1. The fourth-order valence-electron chi connectivity index (χ4n) is 8.18. The number of hydrogen-bond donors (Lipinski definition) is 2. The van der Waals surface area contributed by atoms with Gasteiger partial charge < -0.3 is 34.6 Å². The Hall–Kier alpha value is -5.73. The van der Waals surface area contributed by atoms with E-state index in [1.54, 1.807) is 28.4 Å². The van der Waals surface area contributed by atoms with Crippen molar-refractivity contribution in [3.63, 3.8) is 0 Å². The number of rotatable bonds is 21. The number of ether oxygens (including phenoxy) is 3. The van der Waals surface area contributed by atoms with Gasteiger partial charge in [-0.05, 0) is 131 Å². The number of nitrogens with one attached hydrogen (secondary N) is 2. The maximum Gasteiger partial charge on any atom is 0.259 e. The molecule has 3 heterocycles. The highest BCUT2D eigenvalue weighted by atomic mass is 32.1. The highest BCUT2D eigenvalue weighted by molar-refractivity contribution is 7.81. The van der Waals surface area contributed by atoms with E-state index in [0.29, 0.717) is 74.6 Å². The largest absolute Gasteiger partial charge is 0.494 e. The van der Waals surface area contributed by atoms with Gasteiger partial charge in [0.2, 0.25) is 17.7 Å². The number of hydrogen-bond acceptors (Lipinski definition) is 10. The Labute approximate surface area is 397 Å². The Morgan fingerprint density at radius 1 is 0.955 bits per heavy atom. The molecule has 2 N–H and O–H groups in total. The minimum atomic E-state index is -0.913. The van der Waals surface area contributed by atoms with Crippen LogP contribution in [-0.4, -0.2) is 95.8 Å². The number of thiocarbonyl (C=S) groups is 1. The van der Waals surface area contributed by atoms with Gasteiger partial charge >= 0.3 is 0 Å². The first-order valence-corrected chi connectivity index (χ1v) is 23.8. The molecule has 1 aromatic heterocycles. The van der Waals surface area contributed by atoms with Crippen molar-refractivity contribution in [2.45, 2.75) is 98.3 Å². The summed E-state index contributed by atoms with van der Waals surface area (Å²) in [6.07, 6.45) is 2.75. The van der Waals surface area contributed by atoms with Crippen LogP contribution in [0.1, 0.15) is 77.1 Å². The number of carbonyl (C=O) groups is 4. The SMILES string of the molecule is [C-]#[N+]c1ccc(N2C(=O)C(C)(C)N(c3ccc(OCCCCOCCCOCC(=O)N[C@H](C(=O)N4C[C@H](C)C[C@H]4C(=O)NCc4ccc(-c5scnc5C)cc4)C(C)C)cc3)C2=S)cc1C. The summed E-state index contributed by atoms with van der Waals surface area (Å²) in [5.41, 5.74) is 6.68. The summed E-state index contributed by atoms with van der Waals surface area (Å²) in [7, 11) is 0. The number of aromatic nitrogens is 1. The van der Waals surface area contributed by atoms with Crippen LogP contribution in [0.15, 0.2) is 72.2 Å². The van der Waals surface area contributed by atoms with Gasteiger partial charge in [0.25, 0.3) is 5.91 Å².